The molecule has 1 heterocycles. The van der Waals surface area contributed by atoms with Crippen molar-refractivity contribution in [2.24, 2.45) is 0 Å². The van der Waals surface area contributed by atoms with Crippen molar-refractivity contribution in [3.05, 3.63) is 48.5 Å². The Morgan fingerprint density at radius 3 is 2.80 bits per heavy atom. The highest BCUT2D eigenvalue weighted by Crippen LogP contribution is 2.26. The molecule has 1 N–H and O–H groups in total. The average Bonchev–Trinajstić information content (AvgIpc) is 2.32. The summed E-state index contributed by atoms with van der Waals surface area (Å²) in [6.07, 6.45) is 0. The van der Waals surface area contributed by atoms with E-state index in [9.17, 15) is 5.11 Å². The first-order valence-electron chi connectivity index (χ1n) is 5.24. The monoisotopic (exact) mass is 196 g/mol. The third-order valence-electron chi connectivity index (χ3n) is 2.47. The Bertz CT molecular complexity index is 694. The number of rotatable bonds is 0. The van der Waals surface area contributed by atoms with Gasteiger partial charge in [0.25, 0.3) is 0 Å². The van der Waals surface area contributed by atoms with Gasteiger partial charge in [0, 0.05) is 10.8 Å². The van der Waals surface area contributed by atoms with Gasteiger partial charge in [-0.2, -0.15) is 0 Å². The van der Waals surface area contributed by atoms with Gasteiger partial charge in [0.05, 0.1) is 12.4 Å². The number of aromatic hydroxyl groups is 1. The summed E-state index contributed by atoms with van der Waals surface area (Å²) in [6.45, 7) is 0. The summed E-state index contributed by atoms with van der Waals surface area (Å²) < 4.78 is 7.53. The number of pyridine rings is 1. The van der Waals surface area contributed by atoms with Gasteiger partial charge in [-0.15, -0.1) is 0 Å². The van der Waals surface area contributed by atoms with Crippen LogP contribution in [0.5, 0.6) is 5.75 Å². The molecule has 0 bridgehead atoms. The Kier molecular flexibility index (Phi) is 1.42. The molecule has 1 aromatic heterocycles. The average molecular weight is 196 g/mol. The fraction of sp³-hybridized carbons (Fsp3) is 0. The summed E-state index contributed by atoms with van der Waals surface area (Å²) in [5.41, 5.74) is 1.61. The Morgan fingerprint density at radius 1 is 1.07 bits per heavy atom. The van der Waals surface area contributed by atoms with Crippen LogP contribution in [0, 0.1) is 0 Å². The first-order chi connectivity index (χ1) is 7.75. The molecule has 0 aliphatic rings. The van der Waals surface area contributed by atoms with Gasteiger partial charge in [-0.3, -0.25) is 0 Å². The highest BCUT2D eigenvalue weighted by atomic mass is 16.3. The number of fused-ring (bicyclic) bond motifs is 2. The smallest absolute Gasteiger partial charge is 0.124 e. The van der Waals surface area contributed by atoms with E-state index in [1.165, 1.54) is 0 Å². The number of hydrogen-bond acceptors (Lipinski definition) is 2. The van der Waals surface area contributed by atoms with Crippen molar-refractivity contribution in [2.75, 3.05) is 0 Å². The molecule has 3 aromatic rings. The van der Waals surface area contributed by atoms with Gasteiger partial charge in [0.2, 0.25) is 0 Å². The van der Waals surface area contributed by atoms with Crippen molar-refractivity contribution in [3.8, 4) is 5.75 Å². The zero-order chi connectivity index (χ0) is 11.1. The van der Waals surface area contributed by atoms with Gasteiger partial charge in [0.1, 0.15) is 5.75 Å². The minimum atomic E-state index is -0.00393. The van der Waals surface area contributed by atoms with Crippen LogP contribution in [0.25, 0.3) is 21.8 Å². The highest BCUT2D eigenvalue weighted by Gasteiger charge is 2.01. The Balaban J connectivity index is 2.51. The summed E-state index contributed by atoms with van der Waals surface area (Å²) in [6, 6.07) is 13.0. The topological polar surface area (TPSA) is 33.1 Å². The van der Waals surface area contributed by atoms with Gasteiger partial charge in [-0.25, -0.2) is 4.98 Å². The largest absolute Gasteiger partial charge is 0.507 e. The van der Waals surface area contributed by atoms with E-state index in [2.05, 4.69) is 4.98 Å². The van der Waals surface area contributed by atoms with Gasteiger partial charge in [-0.1, -0.05) is 24.3 Å². The fourth-order valence-corrected chi connectivity index (χ4v) is 1.72. The zero-order valence-electron chi connectivity index (χ0n) is 8.94. The molecule has 72 valence electrons. The van der Waals surface area contributed by atoms with Crippen molar-refractivity contribution in [2.45, 2.75) is 0 Å². The third-order valence-corrected chi connectivity index (χ3v) is 2.47. The van der Waals surface area contributed by atoms with Crippen molar-refractivity contribution in [3.63, 3.8) is 0 Å². The standard InChI is InChI=1S/C13H9NO/c15-13-7-3-6-12-10(13)8-9-4-1-2-5-11(9)14-12/h1-8,15H/i7D. The normalized spacial score (nSPS) is 11.9. The molecule has 0 aliphatic carbocycles. The molecule has 15 heavy (non-hydrogen) atoms. The second-order valence-corrected chi connectivity index (χ2v) is 3.44. The van der Waals surface area contributed by atoms with Gasteiger partial charge in [-0.05, 0) is 24.2 Å². The summed E-state index contributed by atoms with van der Waals surface area (Å²) in [5.74, 6) is -0.00393. The van der Waals surface area contributed by atoms with Crippen molar-refractivity contribution in [1.29, 1.82) is 0 Å². The molecule has 0 saturated heterocycles. The van der Waals surface area contributed by atoms with E-state index >= 15 is 0 Å². The van der Waals surface area contributed by atoms with Crippen LogP contribution in [0.3, 0.4) is 0 Å². The molecule has 0 amide bonds. The van der Waals surface area contributed by atoms with Gasteiger partial charge >= 0.3 is 0 Å². The van der Waals surface area contributed by atoms with Crippen LogP contribution in [0.15, 0.2) is 48.5 Å². The van der Waals surface area contributed by atoms with Gasteiger partial charge < -0.3 is 5.11 Å². The maximum Gasteiger partial charge on any atom is 0.124 e. The predicted octanol–water partition coefficient (Wildman–Crippen LogP) is 3.09. The summed E-state index contributed by atoms with van der Waals surface area (Å²) in [4.78, 5) is 4.44. The molecule has 0 radical (unpaired) electrons. The Morgan fingerprint density at radius 2 is 1.87 bits per heavy atom. The van der Waals surface area contributed by atoms with Crippen LogP contribution in [0.4, 0.5) is 0 Å². The molecule has 3 rings (SSSR count). The lowest BCUT2D eigenvalue weighted by Crippen LogP contribution is -1.81. The number of phenolic OH excluding ortho intramolecular Hbond substituents is 1. The van der Waals surface area contributed by atoms with E-state index in [0.29, 0.717) is 10.9 Å². The molecule has 2 aromatic carbocycles. The Hall–Kier alpha value is -2.09. The maximum atomic E-state index is 9.79. The van der Waals surface area contributed by atoms with E-state index in [1.54, 1.807) is 12.1 Å². The highest BCUT2D eigenvalue weighted by molar-refractivity contribution is 5.95. The first-order valence-corrected chi connectivity index (χ1v) is 4.74. The van der Waals surface area contributed by atoms with E-state index in [4.69, 9.17) is 1.37 Å². The van der Waals surface area contributed by atoms with Crippen LogP contribution < -0.4 is 0 Å². The quantitative estimate of drug-likeness (QED) is 0.560. The van der Waals surface area contributed by atoms with E-state index in [0.717, 1.165) is 10.9 Å². The summed E-state index contributed by atoms with van der Waals surface area (Å²) >= 11 is 0. The SMILES string of the molecule is [2H]c1ccc2nc3ccccc3cc2c1O. The molecular weight excluding hydrogens is 186 g/mol. The van der Waals surface area contributed by atoms with Crippen molar-refractivity contribution >= 4 is 21.8 Å². The molecule has 0 fully saturated rings. The molecule has 2 nitrogen and oxygen atoms in total. The van der Waals surface area contributed by atoms with E-state index < -0.39 is 0 Å². The van der Waals surface area contributed by atoms with Gasteiger partial charge in [0.15, 0.2) is 0 Å². The predicted molar refractivity (Wildman–Crippen MR) is 60.9 cm³/mol. The lowest BCUT2D eigenvalue weighted by molar-refractivity contribution is 0.481. The zero-order valence-corrected chi connectivity index (χ0v) is 7.94. The third kappa shape index (κ3) is 1.22. The minimum Gasteiger partial charge on any atom is -0.507 e. The molecule has 0 atom stereocenters. The van der Waals surface area contributed by atoms with Crippen LogP contribution >= 0.6 is 0 Å². The fourth-order valence-electron chi connectivity index (χ4n) is 1.72. The summed E-state index contributed by atoms with van der Waals surface area (Å²) in [5, 5.41) is 11.4. The van der Waals surface area contributed by atoms with E-state index in [-0.39, 0.29) is 11.8 Å². The number of aromatic nitrogens is 1. The second kappa shape index (κ2) is 2.95. The number of para-hydroxylation sites is 1. The molecule has 0 unspecified atom stereocenters. The molecule has 0 aliphatic heterocycles. The number of phenols is 1. The van der Waals surface area contributed by atoms with Crippen molar-refractivity contribution < 1.29 is 6.48 Å². The molecule has 2 heteroatoms. The number of hydrogen-bond donors (Lipinski definition) is 1. The minimum absolute atomic E-state index is 0.00393. The lowest BCUT2D eigenvalue weighted by atomic mass is 10.1. The molecular formula is C13H9NO. The van der Waals surface area contributed by atoms with Crippen LogP contribution in [0.1, 0.15) is 1.37 Å². The molecule has 0 saturated carbocycles. The second-order valence-electron chi connectivity index (χ2n) is 3.44. The first kappa shape index (κ1) is 7.23. The number of benzene rings is 2. The van der Waals surface area contributed by atoms with Crippen molar-refractivity contribution in [1.82, 2.24) is 4.98 Å². The Labute approximate surface area is 88.2 Å². The maximum absolute atomic E-state index is 9.79. The lowest BCUT2D eigenvalue weighted by Gasteiger charge is -2.02. The van der Waals surface area contributed by atoms with Crippen LogP contribution in [-0.2, 0) is 0 Å². The molecule has 0 spiro atoms. The summed E-state index contributed by atoms with van der Waals surface area (Å²) in [7, 11) is 0. The van der Waals surface area contributed by atoms with Crippen LogP contribution in [-0.4, -0.2) is 10.1 Å². The van der Waals surface area contributed by atoms with Crippen LogP contribution in [0.2, 0.25) is 0 Å². The number of nitrogens with zero attached hydrogens (tertiary/aromatic N) is 1. The van der Waals surface area contributed by atoms with E-state index in [1.807, 2.05) is 30.3 Å².